The van der Waals surface area contributed by atoms with E-state index in [0.29, 0.717) is 16.0 Å². The lowest BCUT2D eigenvalue weighted by Crippen LogP contribution is -2.46. The Hall–Kier alpha value is -2.83. The molecule has 0 bridgehead atoms. The van der Waals surface area contributed by atoms with Gasteiger partial charge in [-0.2, -0.15) is 0 Å². The van der Waals surface area contributed by atoms with Crippen molar-refractivity contribution >= 4 is 40.0 Å². The summed E-state index contributed by atoms with van der Waals surface area (Å²) in [5.41, 5.74) is 3.91. The molecular formula is C30H35ClN4O2. The van der Waals surface area contributed by atoms with Crippen LogP contribution in [0, 0.1) is 5.92 Å². The number of likely N-dealkylation sites (tertiary alicyclic amines) is 1. The Morgan fingerprint density at radius 1 is 1.00 bits per heavy atom. The lowest BCUT2D eigenvalue weighted by atomic mass is 9.83. The van der Waals surface area contributed by atoms with E-state index in [2.05, 4.69) is 32.7 Å². The first-order valence-electron chi connectivity index (χ1n) is 13.7. The van der Waals surface area contributed by atoms with Crippen molar-refractivity contribution in [3.8, 4) is 0 Å². The highest BCUT2D eigenvalue weighted by Gasteiger charge is 2.45. The second kappa shape index (κ2) is 10.1. The number of hydrogen-bond donors (Lipinski definition) is 3. The number of aromatic nitrogens is 1. The molecule has 3 aliphatic rings. The second-order valence-electron chi connectivity index (χ2n) is 11.2. The molecule has 0 radical (unpaired) electrons. The molecule has 1 saturated heterocycles. The summed E-state index contributed by atoms with van der Waals surface area (Å²) in [5, 5.41) is 7.81. The monoisotopic (exact) mass is 518 g/mol. The average Bonchev–Trinajstić information content (AvgIpc) is 3.33. The summed E-state index contributed by atoms with van der Waals surface area (Å²) in [4.78, 5) is 32.1. The molecule has 2 heterocycles. The van der Waals surface area contributed by atoms with Gasteiger partial charge in [-0.25, -0.2) is 0 Å². The standard InChI is InChI=1S/C30H35ClN4O2/c31-25-18-32-27-17-20(7-12-23(25)27)28(36)34-26-6-2-1-5-24(26)29(37)33-22-10-8-21(9-11-22)30(13-14-30)19-35-15-3-4-16-35/h7-12,17-18,24,26,32H,1-6,13-16,19H2,(H,33,37)(H,34,36)/t24-,26+/m0/s1. The molecule has 2 aromatic carbocycles. The van der Waals surface area contributed by atoms with E-state index in [4.69, 9.17) is 11.6 Å². The first kappa shape index (κ1) is 24.5. The zero-order valence-corrected chi connectivity index (χ0v) is 21.9. The van der Waals surface area contributed by atoms with E-state index in [0.717, 1.165) is 48.8 Å². The molecule has 2 atom stereocenters. The Balaban J connectivity index is 1.09. The fourth-order valence-electron chi connectivity index (χ4n) is 6.30. The summed E-state index contributed by atoms with van der Waals surface area (Å²) in [7, 11) is 0. The maximum atomic E-state index is 13.3. The number of nitrogens with zero attached hydrogens (tertiary/aromatic N) is 1. The molecule has 2 saturated carbocycles. The smallest absolute Gasteiger partial charge is 0.251 e. The Morgan fingerprint density at radius 3 is 2.51 bits per heavy atom. The second-order valence-corrected chi connectivity index (χ2v) is 11.6. The summed E-state index contributed by atoms with van der Waals surface area (Å²) in [6.07, 6.45) is 10.5. The van der Waals surface area contributed by atoms with Crippen LogP contribution in [0.5, 0.6) is 0 Å². The highest BCUT2D eigenvalue weighted by molar-refractivity contribution is 6.35. The molecule has 1 aliphatic heterocycles. The van der Waals surface area contributed by atoms with Crippen molar-refractivity contribution in [3.05, 3.63) is 64.8 Å². The minimum Gasteiger partial charge on any atom is -0.360 e. The number of H-pyrrole nitrogens is 1. The number of carbonyl (C=O) groups excluding carboxylic acids is 2. The number of amides is 2. The van der Waals surface area contributed by atoms with E-state index in [1.807, 2.05) is 24.3 Å². The highest BCUT2D eigenvalue weighted by atomic mass is 35.5. The predicted molar refractivity (Wildman–Crippen MR) is 148 cm³/mol. The van der Waals surface area contributed by atoms with Crippen molar-refractivity contribution in [2.24, 2.45) is 5.92 Å². The van der Waals surface area contributed by atoms with Crippen LogP contribution in [0.25, 0.3) is 10.9 Å². The lowest BCUT2D eigenvalue weighted by molar-refractivity contribution is -0.121. The van der Waals surface area contributed by atoms with Crippen molar-refractivity contribution in [1.82, 2.24) is 15.2 Å². The van der Waals surface area contributed by atoms with Crippen LogP contribution in [0.3, 0.4) is 0 Å². The van der Waals surface area contributed by atoms with Gasteiger partial charge in [0.05, 0.1) is 10.9 Å². The Kier molecular flexibility index (Phi) is 6.72. The van der Waals surface area contributed by atoms with Gasteiger partial charge in [-0.15, -0.1) is 0 Å². The van der Waals surface area contributed by atoms with Crippen molar-refractivity contribution in [3.63, 3.8) is 0 Å². The van der Waals surface area contributed by atoms with Crippen molar-refractivity contribution in [2.75, 3.05) is 25.0 Å². The number of halogens is 1. The average molecular weight is 519 g/mol. The minimum atomic E-state index is -0.244. The molecule has 0 unspecified atom stereocenters. The Bertz CT molecular complexity index is 1290. The van der Waals surface area contributed by atoms with Crippen molar-refractivity contribution < 1.29 is 9.59 Å². The number of hydrogen-bond acceptors (Lipinski definition) is 3. The number of anilines is 1. The van der Waals surface area contributed by atoms with E-state index in [1.165, 1.54) is 44.3 Å². The van der Waals surface area contributed by atoms with E-state index >= 15 is 0 Å². The van der Waals surface area contributed by atoms with Gasteiger partial charge < -0.3 is 20.5 Å². The van der Waals surface area contributed by atoms with Gasteiger partial charge in [0, 0.05) is 46.4 Å². The lowest BCUT2D eigenvalue weighted by Gasteiger charge is -2.31. The Labute approximate surface area is 223 Å². The van der Waals surface area contributed by atoms with Gasteiger partial charge in [0.1, 0.15) is 0 Å². The third kappa shape index (κ3) is 5.14. The minimum absolute atomic E-state index is 0.0115. The van der Waals surface area contributed by atoms with Crippen LogP contribution in [0.15, 0.2) is 48.7 Å². The first-order chi connectivity index (χ1) is 18.0. The molecule has 1 aromatic heterocycles. The van der Waals surface area contributed by atoms with Gasteiger partial charge in [0.25, 0.3) is 5.91 Å². The molecular weight excluding hydrogens is 484 g/mol. The molecule has 2 amide bonds. The summed E-state index contributed by atoms with van der Waals surface area (Å²) in [5.74, 6) is -0.414. The van der Waals surface area contributed by atoms with Gasteiger partial charge in [-0.05, 0) is 81.4 Å². The van der Waals surface area contributed by atoms with Crippen LogP contribution in [0.2, 0.25) is 5.02 Å². The summed E-state index contributed by atoms with van der Waals surface area (Å²) >= 11 is 6.17. The summed E-state index contributed by atoms with van der Waals surface area (Å²) < 4.78 is 0. The van der Waals surface area contributed by atoms with Gasteiger partial charge in [0.2, 0.25) is 5.91 Å². The topological polar surface area (TPSA) is 77.2 Å². The fraction of sp³-hybridized carbons (Fsp3) is 0.467. The fourth-order valence-corrected chi connectivity index (χ4v) is 6.52. The summed E-state index contributed by atoms with van der Waals surface area (Å²) in [6.45, 7) is 3.61. The first-order valence-corrected chi connectivity index (χ1v) is 14.1. The molecule has 3 fully saturated rings. The molecule has 7 heteroatoms. The number of nitrogens with one attached hydrogen (secondary N) is 3. The number of rotatable bonds is 7. The van der Waals surface area contributed by atoms with Crippen LogP contribution in [0.1, 0.15) is 67.3 Å². The van der Waals surface area contributed by atoms with E-state index in [9.17, 15) is 9.59 Å². The number of aromatic amines is 1. The predicted octanol–water partition coefficient (Wildman–Crippen LogP) is 5.88. The van der Waals surface area contributed by atoms with E-state index in [-0.39, 0.29) is 23.8 Å². The normalized spacial score (nSPS) is 23.2. The van der Waals surface area contributed by atoms with Gasteiger partial charge >= 0.3 is 0 Å². The largest absolute Gasteiger partial charge is 0.360 e. The van der Waals surface area contributed by atoms with Crippen LogP contribution in [0.4, 0.5) is 5.69 Å². The SMILES string of the molecule is O=C(N[C@@H]1CCCC[C@@H]1C(=O)Nc1ccc(C2(CN3CCCC3)CC2)cc1)c1ccc2c(Cl)c[nH]c2c1. The van der Waals surface area contributed by atoms with Gasteiger partial charge in [0.15, 0.2) is 0 Å². The van der Waals surface area contributed by atoms with Crippen LogP contribution < -0.4 is 10.6 Å². The van der Waals surface area contributed by atoms with E-state index < -0.39 is 0 Å². The third-order valence-corrected chi connectivity index (χ3v) is 8.97. The van der Waals surface area contributed by atoms with Crippen LogP contribution in [-0.4, -0.2) is 47.4 Å². The third-order valence-electron chi connectivity index (χ3n) is 8.66. The quantitative estimate of drug-likeness (QED) is 0.365. The summed E-state index contributed by atoms with van der Waals surface area (Å²) in [6, 6.07) is 13.8. The molecule has 3 aromatic rings. The Morgan fingerprint density at radius 2 is 1.76 bits per heavy atom. The van der Waals surface area contributed by atoms with Crippen LogP contribution >= 0.6 is 11.6 Å². The van der Waals surface area contributed by atoms with E-state index in [1.54, 1.807) is 12.3 Å². The van der Waals surface area contributed by atoms with Crippen molar-refractivity contribution in [1.29, 1.82) is 0 Å². The highest BCUT2D eigenvalue weighted by Crippen LogP contribution is 2.49. The zero-order chi connectivity index (χ0) is 25.4. The number of benzene rings is 2. The molecule has 37 heavy (non-hydrogen) atoms. The van der Waals surface area contributed by atoms with Gasteiger partial charge in [-0.1, -0.05) is 42.6 Å². The molecule has 2 aliphatic carbocycles. The van der Waals surface area contributed by atoms with Crippen molar-refractivity contribution in [2.45, 2.75) is 62.8 Å². The van der Waals surface area contributed by atoms with Crippen LogP contribution in [-0.2, 0) is 10.2 Å². The molecule has 3 N–H and O–H groups in total. The zero-order valence-electron chi connectivity index (χ0n) is 21.2. The maximum Gasteiger partial charge on any atom is 0.251 e. The molecule has 0 spiro atoms. The molecule has 6 nitrogen and oxygen atoms in total. The number of carbonyl (C=O) groups is 2. The molecule has 6 rings (SSSR count). The number of fused-ring (bicyclic) bond motifs is 1. The maximum absolute atomic E-state index is 13.3. The van der Waals surface area contributed by atoms with Gasteiger partial charge in [-0.3, -0.25) is 9.59 Å². The molecule has 194 valence electrons.